The smallest absolute Gasteiger partial charge is 0.400 e. The Balaban J connectivity index is 1.34. The van der Waals surface area contributed by atoms with Gasteiger partial charge in [-0.1, -0.05) is 84.7 Å². The first-order chi connectivity index (χ1) is 17.2. The third kappa shape index (κ3) is 5.90. The van der Waals surface area contributed by atoms with Crippen molar-refractivity contribution < 1.29 is 18.8 Å². The van der Waals surface area contributed by atoms with Crippen LogP contribution in [0.1, 0.15) is 46.9 Å². The van der Waals surface area contributed by atoms with Crippen molar-refractivity contribution in [2.45, 2.75) is 25.9 Å². The SMILES string of the molecule is CC(C)(c1ccccc1)c1ccc(OCc2ccc(C(=O)O/N=C(\N)c3ccc(Cl)cc3Cl)o2)cc1. The van der Waals surface area contributed by atoms with Crippen molar-refractivity contribution in [2.24, 2.45) is 10.9 Å². The normalized spacial score (nSPS) is 11.8. The van der Waals surface area contributed by atoms with Gasteiger partial charge >= 0.3 is 5.97 Å². The molecule has 0 spiro atoms. The predicted molar refractivity (Wildman–Crippen MR) is 141 cm³/mol. The molecule has 8 heteroatoms. The van der Waals surface area contributed by atoms with Gasteiger partial charge in [0.25, 0.3) is 0 Å². The molecule has 0 aliphatic rings. The molecule has 1 aromatic heterocycles. The van der Waals surface area contributed by atoms with Crippen molar-refractivity contribution in [3.63, 3.8) is 0 Å². The lowest BCUT2D eigenvalue weighted by atomic mass is 9.78. The lowest BCUT2D eigenvalue weighted by Gasteiger charge is -2.26. The highest BCUT2D eigenvalue weighted by Crippen LogP contribution is 2.32. The van der Waals surface area contributed by atoms with Crippen LogP contribution in [0.25, 0.3) is 0 Å². The van der Waals surface area contributed by atoms with Crippen LogP contribution >= 0.6 is 23.2 Å². The van der Waals surface area contributed by atoms with E-state index in [1.165, 1.54) is 23.3 Å². The van der Waals surface area contributed by atoms with Crippen LogP contribution in [0.2, 0.25) is 10.0 Å². The quantitative estimate of drug-likeness (QED) is 0.117. The Bertz CT molecular complexity index is 1380. The van der Waals surface area contributed by atoms with E-state index in [1.807, 2.05) is 42.5 Å². The fourth-order valence-corrected chi connectivity index (χ4v) is 4.10. The fourth-order valence-electron chi connectivity index (χ4n) is 3.59. The Hall–Kier alpha value is -3.74. The number of amidine groups is 1. The maximum atomic E-state index is 12.3. The number of ether oxygens (including phenoxy) is 1. The maximum Gasteiger partial charge on any atom is 0.400 e. The average Bonchev–Trinajstić information content (AvgIpc) is 3.36. The van der Waals surface area contributed by atoms with E-state index in [4.69, 9.17) is 42.9 Å². The Morgan fingerprint density at radius 1 is 0.944 bits per heavy atom. The van der Waals surface area contributed by atoms with Gasteiger partial charge in [0.05, 0.1) is 5.02 Å². The van der Waals surface area contributed by atoms with Crippen molar-refractivity contribution in [2.75, 3.05) is 0 Å². The van der Waals surface area contributed by atoms with E-state index >= 15 is 0 Å². The van der Waals surface area contributed by atoms with Gasteiger partial charge in [-0.2, -0.15) is 0 Å². The molecule has 1 heterocycles. The molecule has 36 heavy (non-hydrogen) atoms. The molecule has 0 saturated heterocycles. The standard InChI is InChI=1S/C28H24Cl2N2O4/c1-28(2,18-6-4-3-5-7-18)19-8-11-21(12-9-19)34-17-22-13-15-25(35-22)27(33)36-32-26(31)23-14-10-20(29)16-24(23)30/h3-16H,17H2,1-2H3,(H2,31,32). The van der Waals surface area contributed by atoms with Crippen LogP contribution in [0, 0.1) is 0 Å². The van der Waals surface area contributed by atoms with E-state index in [2.05, 4.69) is 31.1 Å². The molecule has 3 aromatic carbocycles. The summed E-state index contributed by atoms with van der Waals surface area (Å²) in [6.07, 6.45) is 0. The molecule has 184 valence electrons. The maximum absolute atomic E-state index is 12.3. The topological polar surface area (TPSA) is 87.0 Å². The Morgan fingerprint density at radius 3 is 2.33 bits per heavy atom. The molecule has 2 N–H and O–H groups in total. The van der Waals surface area contributed by atoms with Crippen LogP contribution < -0.4 is 10.5 Å². The highest BCUT2D eigenvalue weighted by atomic mass is 35.5. The second-order valence-electron chi connectivity index (χ2n) is 8.55. The van der Waals surface area contributed by atoms with Crippen LogP contribution in [0.3, 0.4) is 0 Å². The zero-order chi connectivity index (χ0) is 25.7. The van der Waals surface area contributed by atoms with Crippen LogP contribution in [-0.4, -0.2) is 11.8 Å². The molecular formula is C28H24Cl2N2O4. The van der Waals surface area contributed by atoms with Gasteiger partial charge in [0.2, 0.25) is 5.76 Å². The predicted octanol–water partition coefficient (Wildman–Crippen LogP) is 6.97. The number of carbonyl (C=O) groups excluding carboxylic acids is 1. The summed E-state index contributed by atoms with van der Waals surface area (Å²) in [7, 11) is 0. The van der Waals surface area contributed by atoms with Gasteiger partial charge in [-0.3, -0.25) is 0 Å². The summed E-state index contributed by atoms with van der Waals surface area (Å²) in [4.78, 5) is 17.2. The number of rotatable bonds is 8. The number of hydrogen-bond donors (Lipinski definition) is 1. The highest BCUT2D eigenvalue weighted by Gasteiger charge is 2.22. The molecule has 6 nitrogen and oxygen atoms in total. The van der Waals surface area contributed by atoms with Gasteiger partial charge in [-0.15, -0.1) is 0 Å². The number of oxime groups is 1. The summed E-state index contributed by atoms with van der Waals surface area (Å²) in [5.74, 6) is 0.224. The molecule has 0 aliphatic heterocycles. The van der Waals surface area contributed by atoms with E-state index in [0.717, 1.165) is 0 Å². The van der Waals surface area contributed by atoms with Gasteiger partial charge < -0.3 is 19.7 Å². The van der Waals surface area contributed by atoms with Crippen LogP contribution in [-0.2, 0) is 16.9 Å². The zero-order valence-corrected chi connectivity index (χ0v) is 21.2. The van der Waals surface area contributed by atoms with E-state index in [0.29, 0.717) is 22.1 Å². The lowest BCUT2D eigenvalue weighted by Crippen LogP contribution is -2.18. The van der Waals surface area contributed by atoms with Crippen molar-refractivity contribution in [1.29, 1.82) is 0 Å². The van der Waals surface area contributed by atoms with Crippen molar-refractivity contribution >= 4 is 35.0 Å². The molecule has 0 atom stereocenters. The molecule has 0 unspecified atom stereocenters. The fraction of sp³-hybridized carbons (Fsp3) is 0.143. The summed E-state index contributed by atoms with van der Waals surface area (Å²) < 4.78 is 11.3. The monoisotopic (exact) mass is 522 g/mol. The van der Waals surface area contributed by atoms with Crippen LogP contribution in [0.4, 0.5) is 0 Å². The first-order valence-corrected chi connectivity index (χ1v) is 11.9. The van der Waals surface area contributed by atoms with Crippen LogP contribution in [0.15, 0.2) is 94.5 Å². The second kappa shape index (κ2) is 10.9. The van der Waals surface area contributed by atoms with Gasteiger partial charge in [0.1, 0.15) is 18.1 Å². The number of carbonyl (C=O) groups is 1. The molecule has 4 rings (SSSR count). The molecule has 0 amide bonds. The lowest BCUT2D eigenvalue weighted by molar-refractivity contribution is 0.0475. The summed E-state index contributed by atoms with van der Waals surface area (Å²) in [6, 6.07) is 26.1. The minimum atomic E-state index is -0.804. The highest BCUT2D eigenvalue weighted by molar-refractivity contribution is 6.36. The first kappa shape index (κ1) is 25.4. The van der Waals surface area contributed by atoms with Gasteiger partial charge in [-0.05, 0) is 53.6 Å². The number of halogens is 2. The van der Waals surface area contributed by atoms with Crippen molar-refractivity contribution in [3.05, 3.63) is 123 Å². The zero-order valence-electron chi connectivity index (χ0n) is 19.7. The average molecular weight is 523 g/mol. The molecule has 0 aliphatic carbocycles. The van der Waals surface area contributed by atoms with Crippen molar-refractivity contribution in [1.82, 2.24) is 0 Å². The number of furan rings is 1. The molecule has 0 bridgehead atoms. The van der Waals surface area contributed by atoms with E-state index in [1.54, 1.807) is 18.2 Å². The minimum absolute atomic E-state index is 0.0349. The van der Waals surface area contributed by atoms with Gasteiger partial charge in [-0.25, -0.2) is 4.79 Å². The Kier molecular flexibility index (Phi) is 7.67. The van der Waals surface area contributed by atoms with E-state index in [-0.39, 0.29) is 28.6 Å². The molecule has 4 aromatic rings. The largest absolute Gasteiger partial charge is 0.486 e. The van der Waals surface area contributed by atoms with Crippen molar-refractivity contribution in [3.8, 4) is 5.75 Å². The second-order valence-corrected chi connectivity index (χ2v) is 9.39. The molecule has 0 saturated carbocycles. The third-order valence-corrected chi connectivity index (χ3v) is 6.30. The number of benzene rings is 3. The van der Waals surface area contributed by atoms with Crippen LogP contribution in [0.5, 0.6) is 5.75 Å². The summed E-state index contributed by atoms with van der Waals surface area (Å²) >= 11 is 12.0. The van der Waals surface area contributed by atoms with Gasteiger partial charge in [0.15, 0.2) is 5.84 Å². The molecule has 0 radical (unpaired) electrons. The molecule has 0 fully saturated rings. The Morgan fingerprint density at radius 2 is 1.64 bits per heavy atom. The summed E-state index contributed by atoms with van der Waals surface area (Å²) in [6.45, 7) is 4.51. The number of hydrogen-bond acceptors (Lipinski definition) is 5. The summed E-state index contributed by atoms with van der Waals surface area (Å²) in [5, 5.41) is 4.38. The van der Waals surface area contributed by atoms with E-state index < -0.39 is 5.97 Å². The number of nitrogens with zero attached hydrogens (tertiary/aromatic N) is 1. The summed E-state index contributed by atoms with van der Waals surface area (Å²) in [5.41, 5.74) is 8.51. The van der Waals surface area contributed by atoms with E-state index in [9.17, 15) is 4.79 Å². The van der Waals surface area contributed by atoms with Gasteiger partial charge in [0, 0.05) is 16.0 Å². The minimum Gasteiger partial charge on any atom is -0.486 e. The first-order valence-electron chi connectivity index (χ1n) is 11.1. The molecular weight excluding hydrogens is 499 g/mol. The third-order valence-electron chi connectivity index (χ3n) is 5.75. The Labute approximate surface area is 219 Å². The number of nitrogens with two attached hydrogens (primary N) is 1.